The van der Waals surface area contributed by atoms with Gasteiger partial charge in [-0.2, -0.15) is 0 Å². The number of fused-ring (bicyclic) bond motifs is 1. The van der Waals surface area contributed by atoms with Crippen LogP contribution in [0.4, 0.5) is 0 Å². The van der Waals surface area contributed by atoms with Crippen molar-refractivity contribution in [1.29, 1.82) is 0 Å². The van der Waals surface area contributed by atoms with E-state index in [9.17, 15) is 0 Å². The molecule has 0 unspecified atom stereocenters. The van der Waals surface area contributed by atoms with Gasteiger partial charge in [0.15, 0.2) is 0 Å². The number of aryl methyl sites for hydroxylation is 2. The summed E-state index contributed by atoms with van der Waals surface area (Å²) in [6, 6.07) is 19.2. The van der Waals surface area contributed by atoms with Crippen molar-refractivity contribution in [3.63, 3.8) is 0 Å². The van der Waals surface area contributed by atoms with E-state index in [1.807, 2.05) is 6.07 Å². The molecule has 0 aliphatic carbocycles. The van der Waals surface area contributed by atoms with Gasteiger partial charge in [-0.3, -0.25) is 0 Å². The first-order chi connectivity index (χ1) is 9.28. The van der Waals surface area contributed by atoms with Crippen molar-refractivity contribution in [2.45, 2.75) is 20.3 Å². The minimum Gasteiger partial charge on any atom is -0.248 e. The molecule has 2 aromatic carbocycles. The second-order valence-corrected chi connectivity index (χ2v) is 4.91. The summed E-state index contributed by atoms with van der Waals surface area (Å²) >= 11 is 0. The van der Waals surface area contributed by atoms with Crippen molar-refractivity contribution < 1.29 is 0 Å². The fraction of sp³-hybridized carbons (Fsp3) is 0.167. The molecule has 0 fully saturated rings. The summed E-state index contributed by atoms with van der Waals surface area (Å²) in [5.41, 5.74) is 5.97. The van der Waals surface area contributed by atoms with Gasteiger partial charge in [0.2, 0.25) is 0 Å². The minimum absolute atomic E-state index is 1.00. The van der Waals surface area contributed by atoms with E-state index in [4.69, 9.17) is 4.98 Å². The van der Waals surface area contributed by atoms with Crippen molar-refractivity contribution in [3.05, 3.63) is 65.7 Å². The lowest BCUT2D eigenvalue weighted by molar-refractivity contribution is 1.12. The monoisotopic (exact) mass is 247 g/mol. The number of hydrogen-bond acceptors (Lipinski definition) is 1. The minimum atomic E-state index is 1.00. The summed E-state index contributed by atoms with van der Waals surface area (Å²) in [6.45, 7) is 4.29. The molecule has 0 bridgehead atoms. The van der Waals surface area contributed by atoms with Crippen LogP contribution in [0.15, 0.2) is 54.6 Å². The largest absolute Gasteiger partial charge is 0.248 e. The smallest absolute Gasteiger partial charge is 0.0741 e. The van der Waals surface area contributed by atoms with Gasteiger partial charge in [-0.15, -0.1) is 0 Å². The van der Waals surface area contributed by atoms with Gasteiger partial charge in [-0.1, -0.05) is 55.0 Å². The van der Waals surface area contributed by atoms with Crippen molar-refractivity contribution in [2.75, 3.05) is 0 Å². The highest BCUT2D eigenvalue weighted by molar-refractivity contribution is 5.83. The van der Waals surface area contributed by atoms with E-state index in [1.165, 1.54) is 22.1 Å². The number of aromatic nitrogens is 1. The highest BCUT2D eigenvalue weighted by atomic mass is 14.7. The van der Waals surface area contributed by atoms with Crippen LogP contribution in [0, 0.1) is 6.92 Å². The van der Waals surface area contributed by atoms with Crippen molar-refractivity contribution in [3.8, 4) is 11.3 Å². The highest BCUT2D eigenvalue weighted by Gasteiger charge is 2.07. The molecule has 0 saturated carbocycles. The molecule has 1 nitrogen and oxygen atoms in total. The second kappa shape index (κ2) is 4.85. The number of para-hydroxylation sites is 1. The van der Waals surface area contributed by atoms with Gasteiger partial charge in [-0.25, -0.2) is 4.98 Å². The molecule has 3 rings (SSSR count). The van der Waals surface area contributed by atoms with Crippen LogP contribution < -0.4 is 0 Å². The van der Waals surface area contributed by atoms with E-state index in [1.54, 1.807) is 0 Å². The van der Waals surface area contributed by atoms with Crippen LogP contribution in [-0.2, 0) is 6.42 Å². The number of nitrogens with zero attached hydrogens (tertiary/aromatic N) is 1. The number of pyridine rings is 1. The van der Waals surface area contributed by atoms with Gasteiger partial charge in [0.05, 0.1) is 11.2 Å². The molecule has 0 spiro atoms. The molecular formula is C18H17N. The maximum atomic E-state index is 4.85. The van der Waals surface area contributed by atoms with Gasteiger partial charge in [0, 0.05) is 10.9 Å². The predicted molar refractivity (Wildman–Crippen MR) is 81.3 cm³/mol. The van der Waals surface area contributed by atoms with Crippen LogP contribution >= 0.6 is 0 Å². The fourth-order valence-electron chi connectivity index (χ4n) is 2.39. The van der Waals surface area contributed by atoms with E-state index < -0.39 is 0 Å². The summed E-state index contributed by atoms with van der Waals surface area (Å²) in [5, 5.41) is 1.22. The molecule has 94 valence electrons. The van der Waals surface area contributed by atoms with Crippen LogP contribution in [0.1, 0.15) is 18.1 Å². The Bertz CT molecular complexity index is 711. The number of rotatable bonds is 2. The van der Waals surface area contributed by atoms with Crippen LogP contribution in [-0.4, -0.2) is 4.98 Å². The average molecular weight is 247 g/mol. The van der Waals surface area contributed by atoms with Crippen LogP contribution in [0.3, 0.4) is 0 Å². The van der Waals surface area contributed by atoms with Gasteiger partial charge in [0.1, 0.15) is 0 Å². The quantitative estimate of drug-likeness (QED) is 0.635. The Morgan fingerprint density at radius 2 is 1.68 bits per heavy atom. The van der Waals surface area contributed by atoms with E-state index in [0.29, 0.717) is 0 Å². The Kier molecular flexibility index (Phi) is 3.04. The Morgan fingerprint density at radius 3 is 2.42 bits per heavy atom. The van der Waals surface area contributed by atoms with Crippen LogP contribution in [0.5, 0.6) is 0 Å². The van der Waals surface area contributed by atoms with Gasteiger partial charge in [-0.05, 0) is 31.0 Å². The average Bonchev–Trinajstić information content (AvgIpc) is 2.46. The molecule has 0 atom stereocenters. The number of benzene rings is 2. The van der Waals surface area contributed by atoms with E-state index in [2.05, 4.69) is 62.4 Å². The highest BCUT2D eigenvalue weighted by Crippen LogP contribution is 2.26. The molecule has 0 amide bonds. The SMILES string of the molecule is CCc1cc2ccccc2nc1-c1ccc(C)cc1. The molecule has 1 heterocycles. The van der Waals surface area contributed by atoms with Crippen molar-refractivity contribution >= 4 is 10.9 Å². The first-order valence-electron chi connectivity index (χ1n) is 6.73. The third-order valence-corrected chi connectivity index (χ3v) is 3.51. The Balaban J connectivity index is 2.23. The van der Waals surface area contributed by atoms with Crippen molar-refractivity contribution in [1.82, 2.24) is 4.98 Å². The molecule has 0 radical (unpaired) electrons. The molecule has 0 aliphatic rings. The zero-order valence-electron chi connectivity index (χ0n) is 11.4. The maximum absolute atomic E-state index is 4.85. The lowest BCUT2D eigenvalue weighted by Gasteiger charge is -2.09. The van der Waals surface area contributed by atoms with Gasteiger partial charge < -0.3 is 0 Å². The molecular weight excluding hydrogens is 230 g/mol. The fourth-order valence-corrected chi connectivity index (χ4v) is 2.39. The van der Waals surface area contributed by atoms with E-state index >= 15 is 0 Å². The van der Waals surface area contributed by atoms with E-state index in [0.717, 1.165) is 17.6 Å². The van der Waals surface area contributed by atoms with Crippen LogP contribution in [0.2, 0.25) is 0 Å². The van der Waals surface area contributed by atoms with Crippen LogP contribution in [0.25, 0.3) is 22.2 Å². The standard InChI is InChI=1S/C18H17N/c1-3-14-12-16-6-4-5-7-17(16)19-18(14)15-10-8-13(2)9-11-15/h4-12H,3H2,1-2H3. The summed E-state index contributed by atoms with van der Waals surface area (Å²) < 4.78 is 0. The Morgan fingerprint density at radius 1 is 0.947 bits per heavy atom. The molecule has 0 saturated heterocycles. The Labute approximate surface area is 113 Å². The third kappa shape index (κ3) is 2.24. The molecule has 0 aliphatic heterocycles. The summed E-state index contributed by atoms with van der Waals surface area (Å²) in [4.78, 5) is 4.85. The topological polar surface area (TPSA) is 12.9 Å². The summed E-state index contributed by atoms with van der Waals surface area (Å²) in [7, 11) is 0. The van der Waals surface area contributed by atoms with Crippen molar-refractivity contribution in [2.24, 2.45) is 0 Å². The Hall–Kier alpha value is -2.15. The summed E-state index contributed by atoms with van der Waals surface area (Å²) in [5.74, 6) is 0. The molecule has 0 N–H and O–H groups in total. The lowest BCUT2D eigenvalue weighted by atomic mass is 10.0. The second-order valence-electron chi connectivity index (χ2n) is 4.91. The molecule has 1 heteroatoms. The zero-order valence-corrected chi connectivity index (χ0v) is 11.4. The molecule has 1 aromatic heterocycles. The maximum Gasteiger partial charge on any atom is 0.0741 e. The zero-order chi connectivity index (χ0) is 13.2. The lowest BCUT2D eigenvalue weighted by Crippen LogP contribution is -1.93. The number of hydrogen-bond donors (Lipinski definition) is 0. The molecule has 3 aromatic rings. The van der Waals surface area contributed by atoms with E-state index in [-0.39, 0.29) is 0 Å². The predicted octanol–water partition coefficient (Wildman–Crippen LogP) is 4.77. The third-order valence-electron chi connectivity index (χ3n) is 3.51. The van der Waals surface area contributed by atoms with Gasteiger partial charge in [0.25, 0.3) is 0 Å². The molecule has 19 heavy (non-hydrogen) atoms. The summed E-state index contributed by atoms with van der Waals surface area (Å²) in [6.07, 6.45) is 1.00. The van der Waals surface area contributed by atoms with Gasteiger partial charge >= 0.3 is 0 Å². The normalized spacial score (nSPS) is 10.8. The first kappa shape index (κ1) is 11.9. The first-order valence-corrected chi connectivity index (χ1v) is 6.73.